The molecule has 5 heterocycles. The van der Waals surface area contributed by atoms with Crippen molar-refractivity contribution in [3.8, 4) is 11.3 Å². The first-order valence-corrected chi connectivity index (χ1v) is 12.6. The Labute approximate surface area is 212 Å². The molecular weight excluding hydrogens is 480 g/mol. The molecule has 10 heteroatoms. The standard InChI is InChI=1S/C27H27F2N5O3/c1-31-10-7-20-19(15-32-11-8-27(28,29)9-12-32)14-22(30-25(20)31)17-5-6-21-18(13-17)16-33(26(21)37)34-23(35)3-2-4-24(34)36/h5-7,10,13-14H,2-4,8-9,11-12,15-16H2,1H3. The zero-order chi connectivity index (χ0) is 25.9. The van der Waals surface area contributed by atoms with E-state index in [9.17, 15) is 23.2 Å². The molecule has 0 saturated carbocycles. The van der Waals surface area contributed by atoms with Crippen LogP contribution in [0.25, 0.3) is 22.3 Å². The number of likely N-dealkylation sites (tertiary alicyclic amines) is 1. The normalized spacial score (nSPS) is 20.2. The molecule has 0 unspecified atom stereocenters. The van der Waals surface area contributed by atoms with Crippen molar-refractivity contribution in [1.29, 1.82) is 0 Å². The van der Waals surface area contributed by atoms with Gasteiger partial charge in [-0.15, -0.1) is 0 Å². The molecule has 192 valence electrons. The van der Waals surface area contributed by atoms with Crippen LogP contribution in [0.2, 0.25) is 0 Å². The van der Waals surface area contributed by atoms with E-state index in [1.54, 1.807) is 6.07 Å². The van der Waals surface area contributed by atoms with Crippen molar-refractivity contribution in [1.82, 2.24) is 24.5 Å². The summed E-state index contributed by atoms with van der Waals surface area (Å²) in [5.74, 6) is -3.66. The van der Waals surface area contributed by atoms with Gasteiger partial charge in [-0.3, -0.25) is 19.3 Å². The SMILES string of the molecule is Cn1ccc2c(CN3CCC(F)(F)CC3)cc(-c3ccc4c(c3)CN(N3C(=O)CCCC3=O)C4=O)nc21. The van der Waals surface area contributed by atoms with Gasteiger partial charge in [-0.05, 0) is 41.8 Å². The molecule has 3 aliphatic rings. The number of carbonyl (C=O) groups excluding carboxylic acids is 3. The summed E-state index contributed by atoms with van der Waals surface area (Å²) in [5, 5.41) is 3.22. The van der Waals surface area contributed by atoms with Crippen molar-refractivity contribution in [2.24, 2.45) is 7.05 Å². The monoisotopic (exact) mass is 507 g/mol. The fraction of sp³-hybridized carbons (Fsp3) is 0.407. The van der Waals surface area contributed by atoms with Crippen LogP contribution < -0.4 is 0 Å². The number of halogens is 2. The largest absolute Gasteiger partial charge is 0.336 e. The van der Waals surface area contributed by atoms with E-state index in [1.165, 1.54) is 5.01 Å². The molecule has 3 aromatic rings. The smallest absolute Gasteiger partial charge is 0.273 e. The zero-order valence-corrected chi connectivity index (χ0v) is 20.5. The number of pyridine rings is 1. The molecule has 2 fully saturated rings. The summed E-state index contributed by atoms with van der Waals surface area (Å²) >= 11 is 0. The summed E-state index contributed by atoms with van der Waals surface area (Å²) in [6, 6.07) is 9.40. The molecule has 2 saturated heterocycles. The Morgan fingerprint density at radius 1 is 1.00 bits per heavy atom. The lowest BCUT2D eigenvalue weighted by atomic mass is 10.0. The Balaban J connectivity index is 1.32. The Bertz CT molecular complexity index is 1420. The van der Waals surface area contributed by atoms with Crippen molar-refractivity contribution in [3.63, 3.8) is 0 Å². The van der Waals surface area contributed by atoms with Gasteiger partial charge in [0, 0.05) is 75.1 Å². The third-order valence-electron chi connectivity index (χ3n) is 7.59. The molecule has 1 aromatic carbocycles. The number of alkyl halides is 2. The first-order chi connectivity index (χ1) is 17.7. The molecule has 0 bridgehead atoms. The quantitative estimate of drug-likeness (QED) is 0.501. The van der Waals surface area contributed by atoms with Gasteiger partial charge >= 0.3 is 0 Å². The third-order valence-corrected chi connectivity index (χ3v) is 7.59. The lowest BCUT2D eigenvalue weighted by Gasteiger charge is -2.32. The second-order valence-corrected chi connectivity index (χ2v) is 10.2. The molecule has 0 aliphatic carbocycles. The van der Waals surface area contributed by atoms with Crippen LogP contribution in [0.15, 0.2) is 36.5 Å². The number of fused-ring (bicyclic) bond motifs is 2. The highest BCUT2D eigenvalue weighted by molar-refractivity contribution is 6.04. The van der Waals surface area contributed by atoms with Gasteiger partial charge in [0.15, 0.2) is 0 Å². The Hall–Kier alpha value is -3.66. The topological polar surface area (TPSA) is 78.8 Å². The van der Waals surface area contributed by atoms with E-state index in [-0.39, 0.29) is 49.9 Å². The summed E-state index contributed by atoms with van der Waals surface area (Å²) < 4.78 is 29.3. The maximum Gasteiger partial charge on any atom is 0.273 e. The van der Waals surface area contributed by atoms with E-state index < -0.39 is 5.92 Å². The maximum absolute atomic E-state index is 13.7. The molecule has 37 heavy (non-hydrogen) atoms. The summed E-state index contributed by atoms with van der Waals surface area (Å²) in [7, 11) is 1.91. The second-order valence-electron chi connectivity index (χ2n) is 10.2. The third kappa shape index (κ3) is 4.19. The Morgan fingerprint density at radius 3 is 2.46 bits per heavy atom. The highest BCUT2D eigenvalue weighted by atomic mass is 19.3. The van der Waals surface area contributed by atoms with E-state index in [2.05, 4.69) is 4.90 Å². The van der Waals surface area contributed by atoms with Crippen molar-refractivity contribution in [2.45, 2.75) is 51.1 Å². The summed E-state index contributed by atoms with van der Waals surface area (Å²) in [6.45, 7) is 1.36. The molecule has 0 spiro atoms. The molecule has 2 aromatic heterocycles. The lowest BCUT2D eigenvalue weighted by Crippen LogP contribution is -2.51. The van der Waals surface area contributed by atoms with E-state index in [0.29, 0.717) is 37.3 Å². The van der Waals surface area contributed by atoms with E-state index in [4.69, 9.17) is 4.98 Å². The average Bonchev–Trinajstić information content (AvgIpc) is 3.40. The van der Waals surface area contributed by atoms with Gasteiger partial charge < -0.3 is 4.57 Å². The summed E-state index contributed by atoms with van der Waals surface area (Å²) in [6.07, 6.45) is 2.65. The molecule has 8 nitrogen and oxygen atoms in total. The van der Waals surface area contributed by atoms with Crippen LogP contribution in [-0.2, 0) is 29.7 Å². The number of carbonyl (C=O) groups is 3. The zero-order valence-electron chi connectivity index (χ0n) is 20.5. The lowest BCUT2D eigenvalue weighted by molar-refractivity contribution is -0.163. The number of benzene rings is 1. The number of hydrogen-bond donors (Lipinski definition) is 0. The van der Waals surface area contributed by atoms with Gasteiger partial charge in [0.2, 0.25) is 11.8 Å². The number of piperidine rings is 2. The molecule has 6 rings (SSSR count). The first kappa shape index (κ1) is 23.7. The first-order valence-electron chi connectivity index (χ1n) is 12.6. The molecule has 0 N–H and O–H groups in total. The van der Waals surface area contributed by atoms with Gasteiger partial charge in [0.05, 0.1) is 12.2 Å². The van der Waals surface area contributed by atoms with Gasteiger partial charge in [-0.25, -0.2) is 18.8 Å². The second kappa shape index (κ2) is 8.72. The predicted molar refractivity (Wildman–Crippen MR) is 131 cm³/mol. The average molecular weight is 508 g/mol. The number of aromatic nitrogens is 2. The van der Waals surface area contributed by atoms with Crippen LogP contribution in [0, 0.1) is 0 Å². The summed E-state index contributed by atoms with van der Waals surface area (Å²) in [4.78, 5) is 44.8. The number of nitrogens with zero attached hydrogens (tertiary/aromatic N) is 5. The Kier molecular flexibility index (Phi) is 5.59. The molecule has 0 atom stereocenters. The van der Waals surface area contributed by atoms with Crippen molar-refractivity contribution in [3.05, 3.63) is 53.2 Å². The fourth-order valence-electron chi connectivity index (χ4n) is 5.50. The van der Waals surface area contributed by atoms with Gasteiger partial charge in [-0.2, -0.15) is 5.01 Å². The van der Waals surface area contributed by atoms with Crippen LogP contribution in [0.5, 0.6) is 0 Å². The van der Waals surface area contributed by atoms with Crippen molar-refractivity contribution in [2.75, 3.05) is 13.1 Å². The molecule has 0 radical (unpaired) electrons. The fourth-order valence-corrected chi connectivity index (χ4v) is 5.50. The van der Waals surface area contributed by atoms with Crippen LogP contribution in [0.1, 0.15) is 53.6 Å². The van der Waals surface area contributed by atoms with Gasteiger partial charge in [-0.1, -0.05) is 6.07 Å². The van der Waals surface area contributed by atoms with Crippen molar-refractivity contribution >= 4 is 28.8 Å². The minimum Gasteiger partial charge on any atom is -0.336 e. The van der Waals surface area contributed by atoms with E-state index >= 15 is 0 Å². The maximum atomic E-state index is 13.7. The molecule has 3 amide bonds. The number of rotatable bonds is 4. The molecular formula is C27H27F2N5O3. The minimum absolute atomic E-state index is 0.139. The number of imide groups is 1. The number of aryl methyl sites for hydroxylation is 1. The van der Waals surface area contributed by atoms with E-state index in [1.807, 2.05) is 42.1 Å². The number of amides is 3. The highest BCUT2D eigenvalue weighted by Gasteiger charge is 2.39. The van der Waals surface area contributed by atoms with Gasteiger partial charge in [0.1, 0.15) is 5.65 Å². The molecule has 3 aliphatic heterocycles. The summed E-state index contributed by atoms with van der Waals surface area (Å²) in [5.41, 5.74) is 4.50. The van der Waals surface area contributed by atoms with Gasteiger partial charge in [0.25, 0.3) is 11.8 Å². The van der Waals surface area contributed by atoms with Crippen LogP contribution in [-0.4, -0.2) is 61.2 Å². The van der Waals surface area contributed by atoms with Crippen LogP contribution in [0.3, 0.4) is 0 Å². The van der Waals surface area contributed by atoms with Crippen molar-refractivity contribution < 1.29 is 23.2 Å². The Morgan fingerprint density at radius 2 is 1.73 bits per heavy atom. The highest BCUT2D eigenvalue weighted by Crippen LogP contribution is 2.33. The van der Waals surface area contributed by atoms with Crippen LogP contribution >= 0.6 is 0 Å². The predicted octanol–water partition coefficient (Wildman–Crippen LogP) is 3.88. The minimum atomic E-state index is -2.60. The number of hydrazine groups is 1. The van der Waals surface area contributed by atoms with E-state index in [0.717, 1.165) is 32.7 Å². The number of hydrogen-bond acceptors (Lipinski definition) is 5. The van der Waals surface area contributed by atoms with Crippen LogP contribution in [0.4, 0.5) is 8.78 Å².